The Labute approximate surface area is 173 Å². The molecule has 8 nitrogen and oxygen atoms in total. The summed E-state index contributed by atoms with van der Waals surface area (Å²) in [5.74, 6) is -0.620. The van der Waals surface area contributed by atoms with Crippen LogP contribution in [-0.2, 0) is 17.6 Å². The van der Waals surface area contributed by atoms with Crippen molar-refractivity contribution >= 4 is 22.9 Å². The maximum atomic E-state index is 12.7. The minimum atomic E-state index is -0.783. The number of carbonyl (C=O) groups excluding carboxylic acids is 1. The Bertz CT molecular complexity index is 1140. The van der Waals surface area contributed by atoms with Crippen LogP contribution < -0.4 is 5.56 Å². The number of aliphatic carboxylic acids is 1. The SMILES string of the molecule is Cc1nc2[nH]cc(CCc3ccc(C(=O)N4CCC(C(=O)O)CC4)cc3)c2c(=O)[nH]1. The molecule has 4 rings (SSSR count). The second-order valence-electron chi connectivity index (χ2n) is 7.79. The Kier molecular flexibility index (Phi) is 5.39. The molecule has 0 bridgehead atoms. The minimum Gasteiger partial charge on any atom is -0.481 e. The number of aromatic amines is 2. The van der Waals surface area contributed by atoms with Gasteiger partial charge in [-0.05, 0) is 55.9 Å². The van der Waals surface area contributed by atoms with Gasteiger partial charge in [-0.3, -0.25) is 14.4 Å². The summed E-state index contributed by atoms with van der Waals surface area (Å²) in [6.45, 7) is 2.69. The molecule has 0 aliphatic carbocycles. The van der Waals surface area contributed by atoms with Gasteiger partial charge in [0.25, 0.3) is 11.5 Å². The summed E-state index contributed by atoms with van der Waals surface area (Å²) in [7, 11) is 0. The molecule has 1 aliphatic rings. The molecule has 3 aromatic rings. The maximum Gasteiger partial charge on any atom is 0.306 e. The van der Waals surface area contributed by atoms with Gasteiger partial charge < -0.3 is 20.0 Å². The molecular formula is C22H24N4O4. The number of fused-ring (bicyclic) bond motifs is 1. The zero-order valence-corrected chi connectivity index (χ0v) is 16.8. The van der Waals surface area contributed by atoms with E-state index in [-0.39, 0.29) is 17.4 Å². The Morgan fingerprint density at radius 3 is 2.53 bits per heavy atom. The van der Waals surface area contributed by atoms with Crippen molar-refractivity contribution in [2.75, 3.05) is 13.1 Å². The number of benzene rings is 1. The van der Waals surface area contributed by atoms with Crippen LogP contribution >= 0.6 is 0 Å². The highest BCUT2D eigenvalue weighted by Gasteiger charge is 2.27. The fraction of sp³-hybridized carbons (Fsp3) is 0.364. The lowest BCUT2D eigenvalue weighted by Crippen LogP contribution is -2.40. The number of nitrogens with zero attached hydrogens (tertiary/aromatic N) is 2. The lowest BCUT2D eigenvalue weighted by molar-refractivity contribution is -0.143. The lowest BCUT2D eigenvalue weighted by atomic mass is 9.96. The maximum absolute atomic E-state index is 12.7. The molecule has 0 unspecified atom stereocenters. The van der Waals surface area contributed by atoms with Crippen molar-refractivity contribution in [1.82, 2.24) is 19.9 Å². The highest BCUT2D eigenvalue weighted by atomic mass is 16.4. The van der Waals surface area contributed by atoms with Crippen LogP contribution in [0.15, 0.2) is 35.3 Å². The van der Waals surface area contributed by atoms with Crippen LogP contribution in [0.4, 0.5) is 0 Å². The smallest absolute Gasteiger partial charge is 0.306 e. The van der Waals surface area contributed by atoms with Crippen LogP contribution in [0.1, 0.15) is 40.2 Å². The van der Waals surface area contributed by atoms with Crippen LogP contribution in [0, 0.1) is 12.8 Å². The second kappa shape index (κ2) is 8.14. The molecule has 3 N–H and O–H groups in total. The number of H-pyrrole nitrogens is 2. The van der Waals surface area contributed by atoms with E-state index < -0.39 is 5.97 Å². The highest BCUT2D eigenvalue weighted by molar-refractivity contribution is 5.94. The van der Waals surface area contributed by atoms with Gasteiger partial charge in [0.15, 0.2) is 0 Å². The Balaban J connectivity index is 1.39. The summed E-state index contributed by atoms with van der Waals surface area (Å²) in [5.41, 5.74) is 3.05. The number of piperidine rings is 1. The molecule has 1 saturated heterocycles. The molecule has 1 aromatic carbocycles. The number of carbonyl (C=O) groups is 2. The number of rotatable bonds is 5. The summed E-state index contributed by atoms with van der Waals surface area (Å²) < 4.78 is 0. The summed E-state index contributed by atoms with van der Waals surface area (Å²) in [6.07, 6.45) is 4.24. The van der Waals surface area contributed by atoms with Crippen molar-refractivity contribution in [3.63, 3.8) is 0 Å². The third-order valence-corrected chi connectivity index (χ3v) is 5.76. The molecule has 0 atom stereocenters. The highest BCUT2D eigenvalue weighted by Crippen LogP contribution is 2.20. The van der Waals surface area contributed by atoms with Crippen LogP contribution in [0.2, 0.25) is 0 Å². The van der Waals surface area contributed by atoms with Crippen molar-refractivity contribution in [3.8, 4) is 0 Å². The van der Waals surface area contributed by atoms with Crippen molar-refractivity contribution in [1.29, 1.82) is 0 Å². The van der Waals surface area contributed by atoms with Gasteiger partial charge in [-0.15, -0.1) is 0 Å². The number of carboxylic acid groups (broad SMARTS) is 1. The van der Waals surface area contributed by atoms with Gasteiger partial charge in [-0.1, -0.05) is 12.1 Å². The number of amides is 1. The molecule has 0 spiro atoms. The van der Waals surface area contributed by atoms with Gasteiger partial charge in [0.1, 0.15) is 11.5 Å². The van der Waals surface area contributed by atoms with Gasteiger partial charge in [0.2, 0.25) is 0 Å². The van der Waals surface area contributed by atoms with Crippen molar-refractivity contribution in [2.45, 2.75) is 32.6 Å². The average molecular weight is 408 g/mol. The normalized spacial score (nSPS) is 14.9. The lowest BCUT2D eigenvalue weighted by Gasteiger charge is -2.30. The largest absolute Gasteiger partial charge is 0.481 e. The zero-order valence-electron chi connectivity index (χ0n) is 16.8. The Hall–Kier alpha value is -3.42. The van der Waals surface area contributed by atoms with E-state index in [1.807, 2.05) is 30.5 Å². The first kappa shape index (κ1) is 19.9. The van der Waals surface area contributed by atoms with E-state index in [1.165, 1.54) is 0 Å². The van der Waals surface area contributed by atoms with Gasteiger partial charge >= 0.3 is 5.97 Å². The van der Waals surface area contributed by atoms with E-state index in [0.29, 0.717) is 54.8 Å². The monoisotopic (exact) mass is 408 g/mol. The van der Waals surface area contributed by atoms with Gasteiger partial charge in [-0.25, -0.2) is 4.98 Å². The standard InChI is InChI=1S/C22H24N4O4/c1-13-24-19-18(20(27)25-13)17(12-23-19)7-4-14-2-5-15(6-3-14)21(28)26-10-8-16(9-11-26)22(29)30/h2-3,5-6,12,16H,4,7-11H2,1H3,(H,29,30)(H2,23,24,25,27). The molecule has 156 valence electrons. The molecule has 3 heterocycles. The quantitative estimate of drug-likeness (QED) is 0.598. The molecule has 30 heavy (non-hydrogen) atoms. The average Bonchev–Trinajstić information content (AvgIpc) is 3.15. The second-order valence-corrected chi connectivity index (χ2v) is 7.79. The number of aryl methyl sites for hydroxylation is 3. The predicted molar refractivity (Wildman–Crippen MR) is 112 cm³/mol. The van der Waals surface area contributed by atoms with Crippen molar-refractivity contribution < 1.29 is 14.7 Å². The minimum absolute atomic E-state index is 0.0602. The number of hydrogen-bond donors (Lipinski definition) is 3. The summed E-state index contributed by atoms with van der Waals surface area (Å²) in [6, 6.07) is 7.49. The summed E-state index contributed by atoms with van der Waals surface area (Å²) in [4.78, 5) is 47.8. The van der Waals surface area contributed by atoms with Crippen molar-refractivity contribution in [3.05, 3.63) is 63.3 Å². The fourth-order valence-electron chi connectivity index (χ4n) is 4.02. The van der Waals surface area contributed by atoms with Crippen LogP contribution in [-0.4, -0.2) is 49.9 Å². The Morgan fingerprint density at radius 2 is 1.87 bits per heavy atom. The molecular weight excluding hydrogens is 384 g/mol. The molecule has 0 saturated carbocycles. The van der Waals surface area contributed by atoms with E-state index in [0.717, 1.165) is 17.5 Å². The summed E-state index contributed by atoms with van der Waals surface area (Å²) in [5, 5.41) is 9.68. The molecule has 2 aromatic heterocycles. The molecule has 8 heteroatoms. The third kappa shape index (κ3) is 3.98. The number of hydrogen-bond acceptors (Lipinski definition) is 4. The van der Waals surface area contributed by atoms with Gasteiger partial charge in [0.05, 0.1) is 11.3 Å². The van der Waals surface area contributed by atoms with Crippen LogP contribution in [0.5, 0.6) is 0 Å². The molecule has 1 amide bonds. The van der Waals surface area contributed by atoms with E-state index in [9.17, 15) is 14.4 Å². The topological polar surface area (TPSA) is 119 Å². The first-order valence-corrected chi connectivity index (χ1v) is 10.1. The molecule has 1 fully saturated rings. The van der Waals surface area contributed by atoms with E-state index >= 15 is 0 Å². The fourth-order valence-corrected chi connectivity index (χ4v) is 4.02. The number of carboxylic acids is 1. The number of nitrogens with one attached hydrogen (secondary N) is 2. The number of likely N-dealkylation sites (tertiary alicyclic amines) is 1. The number of aromatic nitrogens is 3. The van der Waals surface area contributed by atoms with Crippen LogP contribution in [0.25, 0.3) is 11.0 Å². The predicted octanol–water partition coefficient (Wildman–Crippen LogP) is 2.28. The first-order valence-electron chi connectivity index (χ1n) is 10.1. The molecule has 0 radical (unpaired) electrons. The van der Waals surface area contributed by atoms with E-state index in [1.54, 1.807) is 11.8 Å². The summed E-state index contributed by atoms with van der Waals surface area (Å²) >= 11 is 0. The Morgan fingerprint density at radius 1 is 1.17 bits per heavy atom. The van der Waals surface area contributed by atoms with Crippen LogP contribution in [0.3, 0.4) is 0 Å². The molecule has 1 aliphatic heterocycles. The first-order chi connectivity index (χ1) is 14.4. The third-order valence-electron chi connectivity index (χ3n) is 5.76. The van der Waals surface area contributed by atoms with E-state index in [4.69, 9.17) is 5.11 Å². The van der Waals surface area contributed by atoms with Crippen molar-refractivity contribution in [2.24, 2.45) is 5.92 Å². The zero-order chi connectivity index (χ0) is 21.3. The van der Waals surface area contributed by atoms with E-state index in [2.05, 4.69) is 15.0 Å². The van der Waals surface area contributed by atoms with Gasteiger partial charge in [-0.2, -0.15) is 0 Å². The van der Waals surface area contributed by atoms with Gasteiger partial charge in [0, 0.05) is 24.8 Å².